The molecule has 1 heterocycles. The zero-order valence-corrected chi connectivity index (χ0v) is 10.3. The normalized spacial score (nSPS) is 21.7. The molecule has 1 amide bonds. The topological polar surface area (TPSA) is 32.3 Å². The van der Waals surface area contributed by atoms with Crippen LogP contribution >= 0.6 is 0 Å². The van der Waals surface area contributed by atoms with Crippen LogP contribution in [-0.4, -0.2) is 37.0 Å². The Kier molecular flexibility index (Phi) is 5.09. The molecule has 0 radical (unpaired) electrons. The van der Waals surface area contributed by atoms with E-state index in [0.29, 0.717) is 5.92 Å². The molecule has 1 aliphatic heterocycles. The van der Waals surface area contributed by atoms with Crippen LogP contribution in [0.25, 0.3) is 0 Å². The van der Waals surface area contributed by atoms with E-state index < -0.39 is 0 Å². The molecule has 3 nitrogen and oxygen atoms in total. The Morgan fingerprint density at radius 2 is 2.20 bits per heavy atom. The number of carbonyl (C=O) groups excluding carboxylic acids is 1. The van der Waals surface area contributed by atoms with Crippen LogP contribution < -0.4 is 5.32 Å². The number of carbonyl (C=O) groups is 1. The van der Waals surface area contributed by atoms with E-state index in [1.165, 1.54) is 12.8 Å². The summed E-state index contributed by atoms with van der Waals surface area (Å²) >= 11 is 0. The van der Waals surface area contributed by atoms with Crippen molar-refractivity contribution in [3.63, 3.8) is 0 Å². The summed E-state index contributed by atoms with van der Waals surface area (Å²) in [5.41, 5.74) is 0. The van der Waals surface area contributed by atoms with E-state index in [1.807, 2.05) is 11.9 Å². The van der Waals surface area contributed by atoms with Crippen molar-refractivity contribution in [2.75, 3.05) is 20.1 Å². The van der Waals surface area contributed by atoms with E-state index in [9.17, 15) is 4.79 Å². The quantitative estimate of drug-likeness (QED) is 0.768. The molecule has 1 atom stereocenters. The number of piperidine rings is 1. The highest BCUT2D eigenvalue weighted by atomic mass is 16.2. The van der Waals surface area contributed by atoms with Gasteiger partial charge in [0.2, 0.25) is 5.91 Å². The van der Waals surface area contributed by atoms with Crippen molar-refractivity contribution < 1.29 is 4.79 Å². The van der Waals surface area contributed by atoms with Gasteiger partial charge in [-0.3, -0.25) is 4.79 Å². The van der Waals surface area contributed by atoms with Crippen molar-refractivity contribution in [1.29, 1.82) is 0 Å². The summed E-state index contributed by atoms with van der Waals surface area (Å²) in [5.74, 6) is 0.940. The van der Waals surface area contributed by atoms with Crippen LogP contribution in [0.3, 0.4) is 0 Å². The van der Waals surface area contributed by atoms with Crippen LogP contribution in [0, 0.1) is 5.92 Å². The van der Waals surface area contributed by atoms with Crippen LogP contribution in [-0.2, 0) is 4.79 Å². The molecule has 0 aromatic heterocycles. The Morgan fingerprint density at radius 1 is 1.47 bits per heavy atom. The zero-order chi connectivity index (χ0) is 11.3. The van der Waals surface area contributed by atoms with Crippen molar-refractivity contribution in [2.45, 2.75) is 45.6 Å². The molecule has 0 unspecified atom stereocenters. The monoisotopic (exact) mass is 212 g/mol. The first-order chi connectivity index (χ1) is 7.11. The first-order valence-corrected chi connectivity index (χ1v) is 6.09. The number of hydrogen-bond donors (Lipinski definition) is 1. The third-order valence-corrected chi connectivity index (χ3v) is 3.03. The third kappa shape index (κ3) is 4.20. The molecule has 1 N–H and O–H groups in total. The summed E-state index contributed by atoms with van der Waals surface area (Å²) in [6.45, 7) is 6.26. The van der Waals surface area contributed by atoms with Gasteiger partial charge in [-0.2, -0.15) is 0 Å². The number of nitrogens with one attached hydrogen (secondary N) is 1. The van der Waals surface area contributed by atoms with Gasteiger partial charge in [-0.05, 0) is 31.7 Å². The maximum Gasteiger partial charge on any atom is 0.239 e. The molecule has 1 saturated heterocycles. The Hall–Kier alpha value is -0.570. The van der Waals surface area contributed by atoms with Gasteiger partial charge in [0.25, 0.3) is 0 Å². The number of nitrogens with zero attached hydrogens (tertiary/aromatic N) is 1. The highest BCUT2D eigenvalue weighted by Gasteiger charge is 2.23. The SMILES string of the molecule is CC(C)CCN(C)C(=O)[C@H]1CCCCN1. The highest BCUT2D eigenvalue weighted by Crippen LogP contribution is 2.10. The minimum atomic E-state index is 0.0795. The first kappa shape index (κ1) is 12.5. The highest BCUT2D eigenvalue weighted by molar-refractivity contribution is 5.81. The van der Waals surface area contributed by atoms with Gasteiger partial charge in [0.15, 0.2) is 0 Å². The predicted molar refractivity (Wildman–Crippen MR) is 62.7 cm³/mol. The van der Waals surface area contributed by atoms with Gasteiger partial charge in [-0.15, -0.1) is 0 Å². The first-order valence-electron chi connectivity index (χ1n) is 6.09. The largest absolute Gasteiger partial charge is 0.344 e. The van der Waals surface area contributed by atoms with Crippen molar-refractivity contribution in [1.82, 2.24) is 10.2 Å². The van der Waals surface area contributed by atoms with E-state index in [4.69, 9.17) is 0 Å². The molecular formula is C12H24N2O. The van der Waals surface area contributed by atoms with Gasteiger partial charge in [0, 0.05) is 13.6 Å². The zero-order valence-electron chi connectivity index (χ0n) is 10.3. The van der Waals surface area contributed by atoms with Crippen molar-refractivity contribution in [3.8, 4) is 0 Å². The standard InChI is InChI=1S/C12H24N2O/c1-10(2)7-9-14(3)12(15)11-6-4-5-8-13-11/h10-11,13H,4-9H2,1-3H3/t11-/m1/s1. The summed E-state index contributed by atoms with van der Waals surface area (Å²) in [4.78, 5) is 13.9. The van der Waals surface area contributed by atoms with Crippen LogP contribution in [0.15, 0.2) is 0 Å². The van der Waals surface area contributed by atoms with Crippen LogP contribution in [0.2, 0.25) is 0 Å². The predicted octanol–water partition coefficient (Wildman–Crippen LogP) is 1.63. The number of hydrogen-bond acceptors (Lipinski definition) is 2. The van der Waals surface area contributed by atoms with E-state index in [0.717, 1.165) is 25.9 Å². The molecule has 1 rings (SSSR count). The van der Waals surface area contributed by atoms with E-state index in [-0.39, 0.29) is 11.9 Å². The molecule has 0 aliphatic carbocycles. The van der Waals surface area contributed by atoms with E-state index in [1.54, 1.807) is 0 Å². The summed E-state index contributed by atoms with van der Waals surface area (Å²) in [5, 5.41) is 3.30. The van der Waals surface area contributed by atoms with Gasteiger partial charge < -0.3 is 10.2 Å². The molecule has 88 valence electrons. The second-order valence-corrected chi connectivity index (χ2v) is 4.94. The summed E-state index contributed by atoms with van der Waals surface area (Å²) < 4.78 is 0. The summed E-state index contributed by atoms with van der Waals surface area (Å²) in [7, 11) is 1.92. The smallest absolute Gasteiger partial charge is 0.239 e. The van der Waals surface area contributed by atoms with Gasteiger partial charge >= 0.3 is 0 Å². The molecule has 0 saturated carbocycles. The van der Waals surface area contributed by atoms with Crippen LogP contribution in [0.1, 0.15) is 39.5 Å². The fourth-order valence-corrected chi connectivity index (χ4v) is 1.89. The molecule has 15 heavy (non-hydrogen) atoms. The fourth-order valence-electron chi connectivity index (χ4n) is 1.89. The summed E-state index contributed by atoms with van der Waals surface area (Å²) in [6.07, 6.45) is 4.49. The maximum atomic E-state index is 12.0. The van der Waals surface area contributed by atoms with E-state index >= 15 is 0 Å². The Labute approximate surface area is 93.2 Å². The molecule has 0 bridgehead atoms. The molecule has 1 fully saturated rings. The lowest BCUT2D eigenvalue weighted by atomic mass is 10.0. The second-order valence-electron chi connectivity index (χ2n) is 4.94. The Bertz CT molecular complexity index is 198. The van der Waals surface area contributed by atoms with Crippen LogP contribution in [0.5, 0.6) is 0 Å². The van der Waals surface area contributed by atoms with Crippen molar-refractivity contribution in [2.24, 2.45) is 5.92 Å². The van der Waals surface area contributed by atoms with Crippen molar-refractivity contribution >= 4 is 5.91 Å². The third-order valence-electron chi connectivity index (χ3n) is 3.03. The van der Waals surface area contributed by atoms with Crippen LogP contribution in [0.4, 0.5) is 0 Å². The van der Waals surface area contributed by atoms with Gasteiger partial charge in [0.1, 0.15) is 0 Å². The Morgan fingerprint density at radius 3 is 2.73 bits per heavy atom. The summed E-state index contributed by atoms with van der Waals surface area (Å²) in [6, 6.07) is 0.0795. The number of rotatable bonds is 4. The minimum Gasteiger partial charge on any atom is -0.344 e. The maximum absolute atomic E-state index is 12.0. The molecule has 0 aromatic carbocycles. The van der Waals surface area contributed by atoms with Gasteiger partial charge in [-0.25, -0.2) is 0 Å². The van der Waals surface area contributed by atoms with Gasteiger partial charge in [0.05, 0.1) is 6.04 Å². The number of amides is 1. The lowest BCUT2D eigenvalue weighted by Gasteiger charge is -2.27. The van der Waals surface area contributed by atoms with Crippen molar-refractivity contribution in [3.05, 3.63) is 0 Å². The number of likely N-dealkylation sites (N-methyl/N-ethyl adjacent to an activating group) is 1. The average molecular weight is 212 g/mol. The van der Waals surface area contributed by atoms with Gasteiger partial charge in [-0.1, -0.05) is 20.3 Å². The molecular weight excluding hydrogens is 188 g/mol. The molecule has 1 aliphatic rings. The fraction of sp³-hybridized carbons (Fsp3) is 0.917. The second kappa shape index (κ2) is 6.11. The van der Waals surface area contributed by atoms with E-state index in [2.05, 4.69) is 19.2 Å². The molecule has 3 heteroatoms. The molecule has 0 aromatic rings. The average Bonchev–Trinajstić information content (AvgIpc) is 2.26. The minimum absolute atomic E-state index is 0.0795. The Balaban J connectivity index is 2.30. The molecule has 0 spiro atoms. The lowest BCUT2D eigenvalue weighted by Crippen LogP contribution is -2.47. The lowest BCUT2D eigenvalue weighted by molar-refractivity contribution is -0.132.